The number of hydrogen-bond donors (Lipinski definition) is 0. The SMILES string of the molecule is CN(CCOc1cccc(Cl)c1)C(=O)C1CCCN(S(C)(=O)=O)C1. The Morgan fingerprint density at radius 1 is 1.46 bits per heavy atom. The Labute approximate surface area is 148 Å². The van der Waals surface area contributed by atoms with E-state index in [0.29, 0.717) is 43.3 Å². The van der Waals surface area contributed by atoms with Crippen LogP contribution in [0.2, 0.25) is 5.02 Å². The minimum atomic E-state index is -3.25. The summed E-state index contributed by atoms with van der Waals surface area (Å²) in [5.74, 6) is 0.326. The molecule has 0 aromatic heterocycles. The number of hydrogen-bond acceptors (Lipinski definition) is 4. The molecule has 1 amide bonds. The van der Waals surface area contributed by atoms with Crippen molar-refractivity contribution in [3.05, 3.63) is 29.3 Å². The number of sulfonamides is 1. The van der Waals surface area contributed by atoms with Crippen LogP contribution in [0.15, 0.2) is 24.3 Å². The molecule has 1 aliphatic heterocycles. The molecular weight excluding hydrogens is 352 g/mol. The van der Waals surface area contributed by atoms with E-state index in [2.05, 4.69) is 0 Å². The molecule has 1 heterocycles. The fourth-order valence-electron chi connectivity index (χ4n) is 2.72. The highest BCUT2D eigenvalue weighted by molar-refractivity contribution is 7.88. The number of benzene rings is 1. The number of halogens is 1. The van der Waals surface area contributed by atoms with Crippen molar-refractivity contribution in [3.63, 3.8) is 0 Å². The first-order valence-corrected chi connectivity index (χ1v) is 10.1. The first-order valence-electron chi connectivity index (χ1n) is 7.86. The van der Waals surface area contributed by atoms with Crippen molar-refractivity contribution in [1.29, 1.82) is 0 Å². The summed E-state index contributed by atoms with van der Waals surface area (Å²) < 4.78 is 30.3. The first-order chi connectivity index (χ1) is 11.3. The lowest BCUT2D eigenvalue weighted by atomic mass is 9.98. The molecule has 1 aromatic rings. The van der Waals surface area contributed by atoms with Gasteiger partial charge in [-0.2, -0.15) is 0 Å². The number of carbonyl (C=O) groups excluding carboxylic acids is 1. The standard InChI is InChI=1S/C16H23ClN2O4S/c1-18(9-10-23-15-7-3-6-14(17)11-15)16(20)13-5-4-8-19(12-13)24(2,21)22/h3,6-7,11,13H,4-5,8-10,12H2,1-2H3. The second-order valence-electron chi connectivity index (χ2n) is 6.03. The molecule has 1 aromatic carbocycles. The molecule has 6 nitrogen and oxygen atoms in total. The number of nitrogens with zero attached hydrogens (tertiary/aromatic N) is 2. The summed E-state index contributed by atoms with van der Waals surface area (Å²) in [7, 11) is -1.54. The van der Waals surface area contributed by atoms with Gasteiger partial charge in [-0.3, -0.25) is 4.79 Å². The average molecular weight is 375 g/mol. The van der Waals surface area contributed by atoms with Gasteiger partial charge in [-0.05, 0) is 31.0 Å². The van der Waals surface area contributed by atoms with Gasteiger partial charge in [0.25, 0.3) is 0 Å². The normalized spacial score (nSPS) is 19.0. The first kappa shape index (κ1) is 19.0. The van der Waals surface area contributed by atoms with Crippen LogP contribution in [0.25, 0.3) is 0 Å². The Kier molecular flexibility index (Phi) is 6.48. The van der Waals surface area contributed by atoms with Crippen LogP contribution in [0.3, 0.4) is 0 Å². The predicted molar refractivity (Wildman–Crippen MR) is 93.7 cm³/mol. The lowest BCUT2D eigenvalue weighted by molar-refractivity contribution is -0.135. The van der Waals surface area contributed by atoms with Gasteiger partial charge >= 0.3 is 0 Å². The Bertz CT molecular complexity index is 680. The third-order valence-corrected chi connectivity index (χ3v) is 5.57. The fourth-order valence-corrected chi connectivity index (χ4v) is 3.82. The Morgan fingerprint density at radius 2 is 2.21 bits per heavy atom. The lowest BCUT2D eigenvalue weighted by Gasteiger charge is -2.32. The van der Waals surface area contributed by atoms with Crippen molar-refractivity contribution in [2.24, 2.45) is 5.92 Å². The van der Waals surface area contributed by atoms with Crippen molar-refractivity contribution < 1.29 is 17.9 Å². The Balaban J connectivity index is 1.83. The highest BCUT2D eigenvalue weighted by atomic mass is 35.5. The van der Waals surface area contributed by atoms with Gasteiger partial charge in [0.1, 0.15) is 12.4 Å². The van der Waals surface area contributed by atoms with Gasteiger partial charge in [0.2, 0.25) is 15.9 Å². The molecule has 0 radical (unpaired) electrons. The predicted octanol–water partition coefficient (Wildman–Crippen LogP) is 1.85. The maximum atomic E-state index is 12.5. The Morgan fingerprint density at radius 3 is 2.88 bits per heavy atom. The summed E-state index contributed by atoms with van der Waals surface area (Å²) in [6, 6.07) is 7.09. The van der Waals surface area contributed by atoms with Crippen molar-refractivity contribution in [1.82, 2.24) is 9.21 Å². The minimum absolute atomic E-state index is 0.0435. The second-order valence-corrected chi connectivity index (χ2v) is 8.44. The van der Waals surface area contributed by atoms with Crippen LogP contribution in [0.4, 0.5) is 0 Å². The zero-order chi connectivity index (χ0) is 17.7. The molecule has 0 aliphatic carbocycles. The number of piperidine rings is 1. The number of rotatable bonds is 6. The van der Waals surface area contributed by atoms with Crippen LogP contribution in [0.1, 0.15) is 12.8 Å². The molecule has 0 saturated carbocycles. The van der Waals surface area contributed by atoms with E-state index < -0.39 is 10.0 Å². The molecule has 1 aliphatic rings. The molecular formula is C16H23ClN2O4S. The summed E-state index contributed by atoms with van der Waals surface area (Å²) in [5, 5.41) is 0.597. The zero-order valence-electron chi connectivity index (χ0n) is 13.9. The van der Waals surface area contributed by atoms with E-state index in [9.17, 15) is 13.2 Å². The van der Waals surface area contributed by atoms with Crippen LogP contribution in [-0.2, 0) is 14.8 Å². The largest absolute Gasteiger partial charge is 0.492 e. The zero-order valence-corrected chi connectivity index (χ0v) is 15.5. The minimum Gasteiger partial charge on any atom is -0.492 e. The molecule has 8 heteroatoms. The van der Waals surface area contributed by atoms with Crippen molar-refractivity contribution >= 4 is 27.5 Å². The van der Waals surface area contributed by atoms with Crippen molar-refractivity contribution in [2.75, 3.05) is 39.5 Å². The van der Waals surface area contributed by atoms with Crippen molar-refractivity contribution in [3.8, 4) is 5.75 Å². The molecule has 1 atom stereocenters. The molecule has 134 valence electrons. The summed E-state index contributed by atoms with van der Waals surface area (Å²) in [6.45, 7) is 1.53. The molecule has 0 N–H and O–H groups in total. The third kappa shape index (κ3) is 5.36. The van der Waals surface area contributed by atoms with E-state index in [1.807, 2.05) is 0 Å². The fraction of sp³-hybridized carbons (Fsp3) is 0.562. The maximum absolute atomic E-state index is 12.5. The third-order valence-electron chi connectivity index (χ3n) is 4.07. The number of ether oxygens (including phenoxy) is 1. The number of likely N-dealkylation sites (N-methyl/N-ethyl adjacent to an activating group) is 1. The molecule has 1 saturated heterocycles. The lowest BCUT2D eigenvalue weighted by Crippen LogP contribution is -2.46. The number of carbonyl (C=O) groups is 1. The average Bonchev–Trinajstić information content (AvgIpc) is 2.53. The van der Waals surface area contributed by atoms with E-state index in [0.717, 1.165) is 0 Å². The van der Waals surface area contributed by atoms with Gasteiger partial charge in [0.15, 0.2) is 0 Å². The van der Waals surface area contributed by atoms with Gasteiger partial charge < -0.3 is 9.64 Å². The van der Waals surface area contributed by atoms with Crippen LogP contribution in [-0.4, -0.2) is 63.1 Å². The maximum Gasteiger partial charge on any atom is 0.226 e. The molecule has 2 rings (SSSR count). The quantitative estimate of drug-likeness (QED) is 0.762. The van der Waals surface area contributed by atoms with Crippen molar-refractivity contribution in [2.45, 2.75) is 12.8 Å². The molecule has 1 fully saturated rings. The van der Waals surface area contributed by atoms with Crippen LogP contribution < -0.4 is 4.74 Å². The van der Waals surface area contributed by atoms with Crippen LogP contribution >= 0.6 is 11.6 Å². The highest BCUT2D eigenvalue weighted by Crippen LogP contribution is 2.21. The topological polar surface area (TPSA) is 66.9 Å². The summed E-state index contributed by atoms with van der Waals surface area (Å²) in [5.41, 5.74) is 0. The van der Waals surface area contributed by atoms with Gasteiger partial charge in [0, 0.05) is 25.2 Å². The van der Waals surface area contributed by atoms with Crippen LogP contribution in [0.5, 0.6) is 5.75 Å². The van der Waals surface area contributed by atoms with E-state index in [4.69, 9.17) is 16.3 Å². The van der Waals surface area contributed by atoms with Gasteiger partial charge in [0.05, 0.1) is 18.7 Å². The summed E-state index contributed by atoms with van der Waals surface area (Å²) in [4.78, 5) is 14.1. The summed E-state index contributed by atoms with van der Waals surface area (Å²) >= 11 is 5.89. The van der Waals surface area contributed by atoms with E-state index in [1.165, 1.54) is 10.6 Å². The molecule has 0 bridgehead atoms. The number of amides is 1. The van der Waals surface area contributed by atoms with Gasteiger partial charge in [-0.1, -0.05) is 17.7 Å². The monoisotopic (exact) mass is 374 g/mol. The molecule has 0 spiro atoms. The summed E-state index contributed by atoms with van der Waals surface area (Å²) in [6.07, 6.45) is 2.60. The van der Waals surface area contributed by atoms with Gasteiger partial charge in [-0.15, -0.1) is 0 Å². The smallest absolute Gasteiger partial charge is 0.226 e. The van der Waals surface area contributed by atoms with E-state index in [1.54, 1.807) is 36.2 Å². The molecule has 24 heavy (non-hydrogen) atoms. The molecule has 1 unspecified atom stereocenters. The second kappa shape index (κ2) is 8.18. The van der Waals surface area contributed by atoms with Crippen LogP contribution in [0, 0.1) is 5.92 Å². The van der Waals surface area contributed by atoms with E-state index in [-0.39, 0.29) is 18.4 Å². The highest BCUT2D eigenvalue weighted by Gasteiger charge is 2.31. The van der Waals surface area contributed by atoms with Gasteiger partial charge in [-0.25, -0.2) is 12.7 Å². The van der Waals surface area contributed by atoms with E-state index >= 15 is 0 Å². The Hall–Kier alpha value is -1.31.